The number of hydrogen-bond donors (Lipinski definition) is 0. The van der Waals surface area contributed by atoms with Gasteiger partial charge in [-0.3, -0.25) is 4.98 Å². The van der Waals surface area contributed by atoms with E-state index >= 15 is 0 Å². The molecule has 0 atom stereocenters. The summed E-state index contributed by atoms with van der Waals surface area (Å²) in [5, 5.41) is -4.20. The quantitative estimate of drug-likeness (QED) is 0.493. The van der Waals surface area contributed by atoms with Crippen LogP contribution < -0.4 is 0 Å². The van der Waals surface area contributed by atoms with Crippen LogP contribution >= 0.6 is 11.8 Å². The Kier molecular flexibility index (Phi) is 4.25. The Bertz CT molecular complexity index is 892. The zero-order chi connectivity index (χ0) is 17.5. The van der Waals surface area contributed by atoms with Gasteiger partial charge in [0.25, 0.3) is 0 Å². The lowest BCUT2D eigenvalue weighted by Crippen LogP contribution is -2.21. The van der Waals surface area contributed by atoms with Gasteiger partial charge in [0, 0.05) is 29.9 Å². The van der Waals surface area contributed by atoms with Gasteiger partial charge in [-0.2, -0.15) is 8.78 Å². The molecule has 0 aliphatic rings. The Labute approximate surface area is 139 Å². The zero-order valence-electron chi connectivity index (χ0n) is 12.8. The summed E-state index contributed by atoms with van der Waals surface area (Å²) in [5.74, 6) is 0.422. The molecule has 0 unspecified atom stereocenters. The summed E-state index contributed by atoms with van der Waals surface area (Å²) >= 11 is -0.202. The maximum Gasteiger partial charge on any atom is 0.357 e. The van der Waals surface area contributed by atoms with Crippen LogP contribution in [0.1, 0.15) is 5.56 Å². The lowest BCUT2D eigenvalue weighted by atomic mass is 10.2. The van der Waals surface area contributed by atoms with Crippen LogP contribution in [0.3, 0.4) is 0 Å². The zero-order valence-corrected chi connectivity index (χ0v) is 13.6. The number of pyridine rings is 1. The Hall–Kier alpha value is -2.09. The van der Waals surface area contributed by atoms with Crippen LogP contribution in [-0.4, -0.2) is 26.2 Å². The highest BCUT2D eigenvalue weighted by Gasteiger charge is 2.42. The van der Waals surface area contributed by atoms with E-state index in [2.05, 4.69) is 9.97 Å². The standard InChI is InChI=1S/C16H13F4N3S/c1-9-3-4-12-11(7-9)22-14(23(12)2)10-5-6-21-8-13(10)24-16(19,20)15(17)18/h3-8,15H,1-2H3. The molecule has 0 spiro atoms. The molecule has 0 aliphatic heterocycles. The van der Waals surface area contributed by atoms with E-state index in [0.717, 1.165) is 17.3 Å². The van der Waals surface area contributed by atoms with E-state index < -0.39 is 11.7 Å². The Morgan fingerprint density at radius 2 is 1.96 bits per heavy atom. The average Bonchev–Trinajstić information content (AvgIpc) is 2.83. The molecular formula is C16H13F4N3S. The predicted octanol–water partition coefficient (Wildman–Crippen LogP) is 4.89. The van der Waals surface area contributed by atoms with E-state index in [1.54, 1.807) is 11.6 Å². The van der Waals surface area contributed by atoms with E-state index in [1.807, 2.05) is 25.1 Å². The highest BCUT2D eigenvalue weighted by atomic mass is 32.2. The number of rotatable bonds is 4. The van der Waals surface area contributed by atoms with E-state index in [9.17, 15) is 17.6 Å². The number of benzene rings is 1. The lowest BCUT2D eigenvalue weighted by molar-refractivity contribution is -0.0563. The van der Waals surface area contributed by atoms with Crippen LogP contribution in [0.25, 0.3) is 22.4 Å². The summed E-state index contributed by atoms with van der Waals surface area (Å²) in [5.41, 5.74) is 2.89. The van der Waals surface area contributed by atoms with Crippen molar-refractivity contribution in [2.24, 2.45) is 7.05 Å². The molecule has 1 aromatic carbocycles. The highest BCUT2D eigenvalue weighted by Crippen LogP contribution is 2.43. The summed E-state index contributed by atoms with van der Waals surface area (Å²) < 4.78 is 53.7. The van der Waals surface area contributed by atoms with E-state index in [0.29, 0.717) is 16.9 Å². The van der Waals surface area contributed by atoms with Gasteiger partial charge in [0.2, 0.25) is 0 Å². The normalized spacial score (nSPS) is 12.3. The molecule has 8 heteroatoms. The van der Waals surface area contributed by atoms with E-state index in [1.165, 1.54) is 12.3 Å². The van der Waals surface area contributed by atoms with Gasteiger partial charge in [-0.1, -0.05) is 6.07 Å². The first-order valence-corrected chi connectivity index (χ1v) is 7.83. The number of aromatic nitrogens is 3. The van der Waals surface area contributed by atoms with Crippen LogP contribution in [-0.2, 0) is 7.05 Å². The smallest absolute Gasteiger partial charge is 0.327 e. The summed E-state index contributed by atoms with van der Waals surface area (Å²) in [6, 6.07) is 7.17. The number of thioether (sulfide) groups is 1. The highest BCUT2D eigenvalue weighted by molar-refractivity contribution is 8.00. The molecule has 126 valence electrons. The molecule has 0 bridgehead atoms. The van der Waals surface area contributed by atoms with Crippen molar-refractivity contribution in [3.05, 3.63) is 42.2 Å². The van der Waals surface area contributed by atoms with E-state index in [4.69, 9.17) is 0 Å². The maximum absolute atomic E-state index is 13.4. The summed E-state index contributed by atoms with van der Waals surface area (Å²) in [6.45, 7) is 1.92. The van der Waals surface area contributed by atoms with Crippen LogP contribution in [0.5, 0.6) is 0 Å². The van der Waals surface area contributed by atoms with Gasteiger partial charge in [0.15, 0.2) is 0 Å². The van der Waals surface area contributed by atoms with Crippen molar-refractivity contribution in [1.29, 1.82) is 0 Å². The minimum absolute atomic E-state index is 0.0436. The molecule has 3 aromatic rings. The van der Waals surface area contributed by atoms with E-state index in [-0.39, 0.29) is 16.7 Å². The van der Waals surface area contributed by atoms with Gasteiger partial charge in [0.1, 0.15) is 5.82 Å². The third kappa shape index (κ3) is 2.98. The Morgan fingerprint density at radius 1 is 1.21 bits per heavy atom. The van der Waals surface area contributed by atoms with Gasteiger partial charge in [-0.05, 0) is 42.4 Å². The largest absolute Gasteiger partial charge is 0.357 e. The minimum Gasteiger partial charge on any atom is -0.327 e. The minimum atomic E-state index is -4.20. The van der Waals surface area contributed by atoms with Gasteiger partial charge < -0.3 is 4.57 Å². The summed E-state index contributed by atoms with van der Waals surface area (Å²) in [7, 11) is 1.75. The van der Waals surface area contributed by atoms with Crippen molar-refractivity contribution < 1.29 is 17.6 Å². The van der Waals surface area contributed by atoms with Crippen molar-refractivity contribution in [3.8, 4) is 11.4 Å². The van der Waals surface area contributed by atoms with Crippen molar-refractivity contribution in [3.63, 3.8) is 0 Å². The van der Waals surface area contributed by atoms with Crippen LogP contribution in [0.4, 0.5) is 17.6 Å². The second kappa shape index (κ2) is 6.08. The Morgan fingerprint density at radius 3 is 2.67 bits per heavy atom. The van der Waals surface area contributed by atoms with Crippen LogP contribution in [0, 0.1) is 6.92 Å². The predicted molar refractivity (Wildman–Crippen MR) is 85.5 cm³/mol. The van der Waals surface area contributed by atoms with Gasteiger partial charge >= 0.3 is 11.7 Å². The van der Waals surface area contributed by atoms with Crippen molar-refractivity contribution in [2.75, 3.05) is 0 Å². The molecular weight excluding hydrogens is 342 g/mol. The van der Waals surface area contributed by atoms with Gasteiger partial charge in [-0.15, -0.1) is 0 Å². The fourth-order valence-corrected chi connectivity index (χ4v) is 3.15. The third-order valence-corrected chi connectivity index (χ3v) is 4.56. The number of aryl methyl sites for hydroxylation is 2. The second-order valence-electron chi connectivity index (χ2n) is 5.32. The molecule has 2 aromatic heterocycles. The molecule has 0 N–H and O–H groups in total. The van der Waals surface area contributed by atoms with Crippen molar-refractivity contribution in [2.45, 2.75) is 23.5 Å². The third-order valence-electron chi connectivity index (χ3n) is 3.56. The van der Waals surface area contributed by atoms with Crippen molar-refractivity contribution >= 4 is 22.8 Å². The molecule has 2 heterocycles. The number of hydrogen-bond acceptors (Lipinski definition) is 3. The summed E-state index contributed by atoms with van der Waals surface area (Å²) in [4.78, 5) is 8.20. The number of fused-ring (bicyclic) bond motifs is 1. The second-order valence-corrected chi connectivity index (χ2v) is 6.51. The molecule has 0 aliphatic carbocycles. The first kappa shape index (κ1) is 16.8. The van der Waals surface area contributed by atoms with Crippen molar-refractivity contribution in [1.82, 2.24) is 14.5 Å². The average molecular weight is 355 g/mol. The molecule has 3 rings (SSSR count). The SMILES string of the molecule is Cc1ccc2c(c1)nc(-c1ccncc1SC(F)(F)C(F)F)n2C. The fraction of sp³-hybridized carbons (Fsp3) is 0.250. The fourth-order valence-electron chi connectivity index (χ4n) is 2.39. The maximum atomic E-state index is 13.4. The molecule has 3 nitrogen and oxygen atoms in total. The Balaban J connectivity index is 2.12. The number of nitrogens with zero attached hydrogens (tertiary/aromatic N) is 3. The number of alkyl halides is 4. The molecule has 0 radical (unpaired) electrons. The molecule has 0 saturated carbocycles. The molecule has 24 heavy (non-hydrogen) atoms. The lowest BCUT2D eigenvalue weighted by Gasteiger charge is -2.16. The molecule has 0 amide bonds. The monoisotopic (exact) mass is 355 g/mol. The number of imidazole rings is 1. The first-order valence-electron chi connectivity index (χ1n) is 7.02. The first-order chi connectivity index (χ1) is 11.3. The van der Waals surface area contributed by atoms with Crippen LogP contribution in [0.2, 0.25) is 0 Å². The van der Waals surface area contributed by atoms with Gasteiger partial charge in [0.05, 0.1) is 11.0 Å². The molecule has 0 saturated heterocycles. The number of halogens is 4. The van der Waals surface area contributed by atoms with Crippen LogP contribution in [0.15, 0.2) is 41.6 Å². The molecule has 0 fully saturated rings. The topological polar surface area (TPSA) is 30.7 Å². The van der Waals surface area contributed by atoms with Gasteiger partial charge in [-0.25, -0.2) is 13.8 Å². The summed E-state index contributed by atoms with van der Waals surface area (Å²) in [6.07, 6.45) is -1.19.